The second-order valence-electron chi connectivity index (χ2n) is 2.25. The Balaban J connectivity index is 2.35. The van der Waals surface area contributed by atoms with Crippen molar-refractivity contribution in [2.24, 2.45) is 0 Å². The van der Waals surface area contributed by atoms with Crippen LogP contribution in [0.3, 0.4) is 0 Å². The highest BCUT2D eigenvalue weighted by Gasteiger charge is 2.03. The van der Waals surface area contributed by atoms with E-state index in [1.165, 1.54) is 4.88 Å². The van der Waals surface area contributed by atoms with E-state index in [4.69, 9.17) is 11.6 Å². The number of halogens is 1. The summed E-state index contributed by atoms with van der Waals surface area (Å²) in [5.74, 6) is 0.502. The Morgan fingerprint density at radius 2 is 2.33 bits per heavy atom. The predicted octanol–water partition coefficient (Wildman–Crippen LogP) is 3.61. The molecule has 2 aromatic heterocycles. The molecule has 0 saturated carbocycles. The Morgan fingerprint density at radius 1 is 1.42 bits per heavy atom. The summed E-state index contributed by atoms with van der Waals surface area (Å²) in [7, 11) is 0. The van der Waals surface area contributed by atoms with Gasteiger partial charge in [-0.15, -0.1) is 34.3 Å². The van der Waals surface area contributed by atoms with E-state index in [1.807, 2.05) is 11.4 Å². The third-order valence-corrected chi connectivity index (χ3v) is 3.62. The molecule has 0 aliphatic rings. The monoisotopic (exact) mass is 215 g/mol. The molecular weight excluding hydrogens is 210 g/mol. The molecule has 0 aromatic carbocycles. The summed E-state index contributed by atoms with van der Waals surface area (Å²) in [4.78, 5) is 5.59. The van der Waals surface area contributed by atoms with Crippen molar-refractivity contribution in [3.63, 3.8) is 0 Å². The van der Waals surface area contributed by atoms with Gasteiger partial charge in [0.1, 0.15) is 5.01 Å². The zero-order valence-electron chi connectivity index (χ0n) is 6.16. The highest BCUT2D eigenvalue weighted by atomic mass is 35.5. The predicted molar refractivity (Wildman–Crippen MR) is 55.0 cm³/mol. The van der Waals surface area contributed by atoms with E-state index in [0.717, 1.165) is 10.7 Å². The van der Waals surface area contributed by atoms with Gasteiger partial charge in [0.05, 0.1) is 16.5 Å². The lowest BCUT2D eigenvalue weighted by Crippen LogP contribution is -1.75. The molecule has 0 fully saturated rings. The Bertz CT molecular complexity index is 353. The van der Waals surface area contributed by atoms with Crippen molar-refractivity contribution in [3.8, 4) is 9.88 Å². The van der Waals surface area contributed by atoms with Gasteiger partial charge < -0.3 is 0 Å². The van der Waals surface area contributed by atoms with E-state index in [9.17, 15) is 0 Å². The van der Waals surface area contributed by atoms with Crippen molar-refractivity contribution >= 4 is 34.3 Å². The molecule has 2 aromatic rings. The molecule has 0 bridgehead atoms. The van der Waals surface area contributed by atoms with Gasteiger partial charge in [-0.1, -0.05) is 6.07 Å². The van der Waals surface area contributed by atoms with Crippen molar-refractivity contribution in [2.75, 3.05) is 0 Å². The normalized spacial score (nSPS) is 10.4. The molecule has 12 heavy (non-hydrogen) atoms. The largest absolute Gasteiger partial charge is 0.239 e. The topological polar surface area (TPSA) is 12.9 Å². The van der Waals surface area contributed by atoms with E-state index in [1.54, 1.807) is 22.7 Å². The first-order valence-corrected chi connectivity index (χ1v) is 5.74. The lowest BCUT2D eigenvalue weighted by molar-refractivity contribution is 1.23. The first-order chi connectivity index (χ1) is 5.90. The number of nitrogens with zero attached hydrogens (tertiary/aromatic N) is 1. The fraction of sp³-hybridized carbons (Fsp3) is 0.125. The van der Waals surface area contributed by atoms with Gasteiger partial charge in [-0.25, -0.2) is 4.98 Å². The maximum atomic E-state index is 5.65. The quantitative estimate of drug-likeness (QED) is 0.698. The minimum atomic E-state index is 0.502. The molecule has 0 unspecified atom stereocenters. The smallest absolute Gasteiger partial charge is 0.133 e. The number of thiophene rings is 1. The standard InChI is InChI=1S/C8H6ClNS2/c9-4-6-5-12-8(10-6)7-2-1-3-11-7/h1-3,5H,4H2. The van der Waals surface area contributed by atoms with E-state index in [-0.39, 0.29) is 0 Å². The van der Waals surface area contributed by atoms with Crippen molar-refractivity contribution in [1.29, 1.82) is 0 Å². The van der Waals surface area contributed by atoms with Gasteiger partial charge in [0.25, 0.3) is 0 Å². The molecule has 0 saturated heterocycles. The average molecular weight is 216 g/mol. The lowest BCUT2D eigenvalue weighted by atomic mass is 10.5. The van der Waals surface area contributed by atoms with Gasteiger partial charge in [-0.2, -0.15) is 0 Å². The van der Waals surface area contributed by atoms with Crippen LogP contribution in [0.2, 0.25) is 0 Å². The molecular formula is C8H6ClNS2. The highest BCUT2D eigenvalue weighted by Crippen LogP contribution is 2.27. The Kier molecular flexibility index (Phi) is 2.44. The van der Waals surface area contributed by atoms with Crippen LogP contribution < -0.4 is 0 Å². The zero-order valence-corrected chi connectivity index (χ0v) is 8.55. The van der Waals surface area contributed by atoms with Crippen LogP contribution in [0.1, 0.15) is 5.69 Å². The number of thiazole rings is 1. The van der Waals surface area contributed by atoms with Gasteiger partial charge in [-0.3, -0.25) is 0 Å². The fourth-order valence-corrected chi connectivity index (χ4v) is 2.74. The molecule has 0 aliphatic carbocycles. The Morgan fingerprint density at radius 3 is 2.92 bits per heavy atom. The molecule has 2 rings (SSSR count). The molecule has 0 spiro atoms. The molecule has 0 atom stereocenters. The summed E-state index contributed by atoms with van der Waals surface area (Å²) in [5.41, 5.74) is 0.963. The molecule has 4 heteroatoms. The van der Waals surface area contributed by atoms with Gasteiger partial charge in [0.2, 0.25) is 0 Å². The van der Waals surface area contributed by atoms with Crippen molar-refractivity contribution < 1.29 is 0 Å². The minimum absolute atomic E-state index is 0.502. The van der Waals surface area contributed by atoms with Gasteiger partial charge in [0, 0.05) is 5.38 Å². The summed E-state index contributed by atoms with van der Waals surface area (Å²) in [6.45, 7) is 0. The fourth-order valence-electron chi connectivity index (χ4n) is 0.882. The molecule has 1 nitrogen and oxygen atoms in total. The average Bonchev–Trinajstić information content (AvgIpc) is 2.75. The lowest BCUT2D eigenvalue weighted by Gasteiger charge is -1.85. The second-order valence-corrected chi connectivity index (χ2v) is 4.33. The van der Waals surface area contributed by atoms with Gasteiger partial charge in [-0.05, 0) is 11.4 Å². The molecule has 0 radical (unpaired) electrons. The van der Waals surface area contributed by atoms with Crippen LogP contribution in [0.4, 0.5) is 0 Å². The van der Waals surface area contributed by atoms with Crippen LogP contribution in [-0.2, 0) is 5.88 Å². The Hall–Kier alpha value is -0.380. The maximum absolute atomic E-state index is 5.65. The summed E-state index contributed by atoms with van der Waals surface area (Å²) >= 11 is 9.00. The van der Waals surface area contributed by atoms with E-state index in [0.29, 0.717) is 5.88 Å². The van der Waals surface area contributed by atoms with Gasteiger partial charge in [0.15, 0.2) is 0 Å². The zero-order chi connectivity index (χ0) is 8.39. The summed E-state index contributed by atoms with van der Waals surface area (Å²) in [5, 5.41) is 5.12. The van der Waals surface area contributed by atoms with Crippen molar-refractivity contribution in [2.45, 2.75) is 5.88 Å². The highest BCUT2D eigenvalue weighted by molar-refractivity contribution is 7.20. The van der Waals surface area contributed by atoms with Crippen LogP contribution >= 0.6 is 34.3 Å². The molecule has 0 N–H and O–H groups in total. The van der Waals surface area contributed by atoms with E-state index < -0.39 is 0 Å². The third-order valence-electron chi connectivity index (χ3n) is 1.42. The second kappa shape index (κ2) is 3.56. The number of hydrogen-bond donors (Lipinski definition) is 0. The number of hydrogen-bond acceptors (Lipinski definition) is 3. The van der Waals surface area contributed by atoms with Crippen LogP contribution in [0, 0.1) is 0 Å². The number of alkyl halides is 1. The summed E-state index contributed by atoms with van der Waals surface area (Å²) < 4.78 is 0. The molecule has 2 heterocycles. The summed E-state index contributed by atoms with van der Waals surface area (Å²) in [6.07, 6.45) is 0. The number of aromatic nitrogens is 1. The number of rotatable bonds is 2. The third kappa shape index (κ3) is 1.53. The SMILES string of the molecule is ClCc1csc(-c2cccs2)n1. The molecule has 0 aliphatic heterocycles. The summed E-state index contributed by atoms with van der Waals surface area (Å²) in [6, 6.07) is 4.10. The van der Waals surface area contributed by atoms with Crippen molar-refractivity contribution in [1.82, 2.24) is 4.98 Å². The minimum Gasteiger partial charge on any atom is -0.239 e. The van der Waals surface area contributed by atoms with Crippen LogP contribution in [0.15, 0.2) is 22.9 Å². The van der Waals surface area contributed by atoms with Crippen molar-refractivity contribution in [3.05, 3.63) is 28.6 Å². The van der Waals surface area contributed by atoms with Crippen LogP contribution in [0.5, 0.6) is 0 Å². The molecule has 0 amide bonds. The van der Waals surface area contributed by atoms with E-state index >= 15 is 0 Å². The first-order valence-electron chi connectivity index (χ1n) is 3.44. The maximum Gasteiger partial charge on any atom is 0.133 e. The molecule has 62 valence electrons. The van der Waals surface area contributed by atoms with Crippen LogP contribution in [0.25, 0.3) is 9.88 Å². The van der Waals surface area contributed by atoms with Crippen LogP contribution in [-0.4, -0.2) is 4.98 Å². The van der Waals surface area contributed by atoms with Gasteiger partial charge >= 0.3 is 0 Å². The first kappa shape index (κ1) is 8.23. The Labute approximate surface area is 83.7 Å². The van der Waals surface area contributed by atoms with E-state index in [2.05, 4.69) is 16.4 Å².